The van der Waals surface area contributed by atoms with E-state index in [4.69, 9.17) is 4.74 Å². The number of ether oxygens (including phenoxy) is 1. The van der Waals surface area contributed by atoms with Gasteiger partial charge in [0.15, 0.2) is 0 Å². The molecule has 0 amide bonds. The zero-order valence-electron chi connectivity index (χ0n) is 10.8. The molecule has 0 aliphatic rings. The van der Waals surface area contributed by atoms with Crippen molar-refractivity contribution in [1.82, 2.24) is 4.98 Å². The number of hydrogen-bond acceptors (Lipinski definition) is 5. The van der Waals surface area contributed by atoms with E-state index in [9.17, 15) is 14.9 Å². The third-order valence-electron chi connectivity index (χ3n) is 2.70. The number of carbonyl (C=O) groups excluding carboxylic acids is 1. The molecule has 2 rings (SSSR count). The molecule has 1 heterocycles. The molecule has 0 spiro atoms. The second-order valence-corrected chi connectivity index (χ2v) is 3.94. The summed E-state index contributed by atoms with van der Waals surface area (Å²) in [6.07, 6.45) is 3.12. The Bertz CT molecular complexity index is 641. The van der Waals surface area contributed by atoms with Crippen molar-refractivity contribution in [2.24, 2.45) is 0 Å². The number of carbonyl (C=O) groups is 1. The van der Waals surface area contributed by atoms with Crippen LogP contribution in [0.2, 0.25) is 0 Å². The monoisotopic (exact) mass is 272 g/mol. The summed E-state index contributed by atoms with van der Waals surface area (Å²) < 4.78 is 4.97. The smallest absolute Gasteiger partial charge is 0.338 e. The van der Waals surface area contributed by atoms with Gasteiger partial charge in [-0.1, -0.05) is 0 Å². The number of nitro groups is 1. The van der Waals surface area contributed by atoms with Crippen molar-refractivity contribution in [2.45, 2.75) is 6.92 Å². The van der Waals surface area contributed by atoms with Gasteiger partial charge in [0, 0.05) is 30.1 Å². The van der Waals surface area contributed by atoms with E-state index in [0.29, 0.717) is 16.7 Å². The van der Waals surface area contributed by atoms with E-state index in [2.05, 4.69) is 4.98 Å². The summed E-state index contributed by atoms with van der Waals surface area (Å²) in [5, 5.41) is 10.9. The van der Waals surface area contributed by atoms with Crippen molar-refractivity contribution in [3.63, 3.8) is 0 Å². The average molecular weight is 272 g/mol. The number of pyridine rings is 1. The van der Waals surface area contributed by atoms with E-state index in [1.807, 2.05) is 0 Å². The van der Waals surface area contributed by atoms with Gasteiger partial charge in [0.05, 0.1) is 17.1 Å². The summed E-state index contributed by atoms with van der Waals surface area (Å²) in [7, 11) is 0. The third kappa shape index (κ3) is 2.80. The van der Waals surface area contributed by atoms with Gasteiger partial charge in [-0.2, -0.15) is 0 Å². The molecular formula is C14H12N2O4. The summed E-state index contributed by atoms with van der Waals surface area (Å²) in [5.74, 6) is -0.505. The van der Waals surface area contributed by atoms with E-state index >= 15 is 0 Å². The Morgan fingerprint density at radius 3 is 2.60 bits per heavy atom. The first-order chi connectivity index (χ1) is 9.63. The molecular weight excluding hydrogens is 260 g/mol. The fraction of sp³-hybridized carbons (Fsp3) is 0.143. The maximum atomic E-state index is 11.9. The summed E-state index contributed by atoms with van der Waals surface area (Å²) in [4.78, 5) is 26.2. The molecule has 2 aromatic rings. The molecule has 6 heteroatoms. The molecule has 0 aliphatic carbocycles. The van der Waals surface area contributed by atoms with Crippen LogP contribution in [0, 0.1) is 10.1 Å². The predicted octanol–water partition coefficient (Wildman–Crippen LogP) is 2.83. The van der Waals surface area contributed by atoms with Crippen LogP contribution in [0.3, 0.4) is 0 Å². The highest BCUT2D eigenvalue weighted by molar-refractivity contribution is 5.97. The minimum absolute atomic E-state index is 0.0788. The lowest BCUT2D eigenvalue weighted by Crippen LogP contribution is -2.07. The van der Waals surface area contributed by atoms with Crippen molar-refractivity contribution in [2.75, 3.05) is 6.61 Å². The van der Waals surface area contributed by atoms with Gasteiger partial charge in [0.25, 0.3) is 5.69 Å². The van der Waals surface area contributed by atoms with E-state index < -0.39 is 10.9 Å². The lowest BCUT2D eigenvalue weighted by Gasteiger charge is -2.08. The lowest BCUT2D eigenvalue weighted by atomic mass is 10.00. The number of benzene rings is 1. The largest absolute Gasteiger partial charge is 0.462 e. The summed E-state index contributed by atoms with van der Waals surface area (Å²) >= 11 is 0. The number of hydrogen-bond donors (Lipinski definition) is 0. The molecule has 20 heavy (non-hydrogen) atoms. The van der Waals surface area contributed by atoms with Crippen LogP contribution in [-0.4, -0.2) is 22.5 Å². The summed E-state index contributed by atoms with van der Waals surface area (Å²) in [5.41, 5.74) is 1.35. The summed E-state index contributed by atoms with van der Waals surface area (Å²) in [6, 6.07) is 7.42. The topological polar surface area (TPSA) is 82.3 Å². The molecule has 0 aliphatic heterocycles. The fourth-order valence-corrected chi connectivity index (χ4v) is 1.80. The summed E-state index contributed by atoms with van der Waals surface area (Å²) in [6.45, 7) is 1.95. The molecule has 6 nitrogen and oxygen atoms in total. The molecule has 0 saturated carbocycles. The number of aromatic nitrogens is 1. The third-order valence-corrected chi connectivity index (χ3v) is 2.70. The SMILES string of the molecule is CCOC(=O)c1ccc([N+](=O)[O-])cc1-c1ccncc1. The number of esters is 1. The first-order valence-electron chi connectivity index (χ1n) is 5.99. The van der Waals surface area contributed by atoms with Crippen LogP contribution in [0.5, 0.6) is 0 Å². The van der Waals surface area contributed by atoms with Gasteiger partial charge in [0.2, 0.25) is 0 Å². The molecule has 0 radical (unpaired) electrons. The van der Waals surface area contributed by atoms with E-state index in [1.54, 1.807) is 31.5 Å². The molecule has 1 aromatic heterocycles. The average Bonchev–Trinajstić information content (AvgIpc) is 2.47. The molecule has 0 fully saturated rings. The highest BCUT2D eigenvalue weighted by Gasteiger charge is 2.18. The van der Waals surface area contributed by atoms with Crippen LogP contribution in [0.4, 0.5) is 5.69 Å². The Hall–Kier alpha value is -2.76. The molecule has 0 atom stereocenters. The van der Waals surface area contributed by atoms with Crippen molar-refractivity contribution in [3.8, 4) is 11.1 Å². The lowest BCUT2D eigenvalue weighted by molar-refractivity contribution is -0.384. The Morgan fingerprint density at radius 1 is 1.30 bits per heavy atom. The van der Waals surface area contributed by atoms with Crippen molar-refractivity contribution < 1.29 is 14.5 Å². The highest BCUT2D eigenvalue weighted by atomic mass is 16.6. The Kier molecular flexibility index (Phi) is 4.05. The normalized spacial score (nSPS) is 10.1. The predicted molar refractivity (Wildman–Crippen MR) is 72.3 cm³/mol. The van der Waals surface area contributed by atoms with Gasteiger partial charge in [-0.25, -0.2) is 4.79 Å². The second-order valence-electron chi connectivity index (χ2n) is 3.94. The Morgan fingerprint density at radius 2 is 2.00 bits per heavy atom. The molecule has 0 bridgehead atoms. The molecule has 102 valence electrons. The van der Waals surface area contributed by atoms with E-state index in [0.717, 1.165) is 0 Å². The van der Waals surface area contributed by atoms with Crippen molar-refractivity contribution >= 4 is 11.7 Å². The van der Waals surface area contributed by atoms with Gasteiger partial charge < -0.3 is 4.74 Å². The van der Waals surface area contributed by atoms with Crippen LogP contribution in [-0.2, 0) is 4.74 Å². The fourth-order valence-electron chi connectivity index (χ4n) is 1.80. The first kappa shape index (κ1) is 13.7. The van der Waals surface area contributed by atoms with Crippen LogP contribution in [0.25, 0.3) is 11.1 Å². The van der Waals surface area contributed by atoms with Crippen molar-refractivity contribution in [1.29, 1.82) is 0 Å². The van der Waals surface area contributed by atoms with E-state index in [1.165, 1.54) is 18.2 Å². The number of rotatable bonds is 4. The second kappa shape index (κ2) is 5.92. The molecule has 0 unspecified atom stereocenters. The number of nitrogens with zero attached hydrogens (tertiary/aromatic N) is 2. The van der Waals surface area contributed by atoms with E-state index in [-0.39, 0.29) is 12.3 Å². The van der Waals surface area contributed by atoms with Gasteiger partial charge in [0.1, 0.15) is 0 Å². The minimum atomic E-state index is -0.505. The minimum Gasteiger partial charge on any atom is -0.462 e. The standard InChI is InChI=1S/C14H12N2O4/c1-2-20-14(17)12-4-3-11(16(18)19)9-13(12)10-5-7-15-8-6-10/h3-9H,2H2,1H3. The van der Waals surface area contributed by atoms with Gasteiger partial charge >= 0.3 is 5.97 Å². The van der Waals surface area contributed by atoms with Crippen molar-refractivity contribution in [3.05, 3.63) is 58.4 Å². The first-order valence-corrected chi connectivity index (χ1v) is 5.99. The van der Waals surface area contributed by atoms with Crippen LogP contribution >= 0.6 is 0 Å². The maximum Gasteiger partial charge on any atom is 0.338 e. The molecule has 0 N–H and O–H groups in total. The van der Waals surface area contributed by atoms with Gasteiger partial charge in [-0.3, -0.25) is 15.1 Å². The number of nitro benzene ring substituents is 1. The zero-order chi connectivity index (χ0) is 14.5. The van der Waals surface area contributed by atoms with Gasteiger partial charge in [-0.05, 0) is 30.7 Å². The van der Waals surface area contributed by atoms with Crippen LogP contribution in [0.1, 0.15) is 17.3 Å². The Labute approximate surface area is 115 Å². The van der Waals surface area contributed by atoms with Crippen LogP contribution in [0.15, 0.2) is 42.7 Å². The number of non-ortho nitro benzene ring substituents is 1. The Balaban J connectivity index is 2.57. The zero-order valence-corrected chi connectivity index (χ0v) is 10.8. The van der Waals surface area contributed by atoms with Crippen LogP contribution < -0.4 is 0 Å². The van der Waals surface area contributed by atoms with Gasteiger partial charge in [-0.15, -0.1) is 0 Å². The quantitative estimate of drug-likeness (QED) is 0.485. The maximum absolute atomic E-state index is 11.9. The molecule has 0 saturated heterocycles. The molecule has 1 aromatic carbocycles. The highest BCUT2D eigenvalue weighted by Crippen LogP contribution is 2.28.